The lowest BCUT2D eigenvalue weighted by Gasteiger charge is -2.40. The summed E-state index contributed by atoms with van der Waals surface area (Å²) < 4.78 is 25.0. The van der Waals surface area contributed by atoms with Crippen molar-refractivity contribution in [2.75, 3.05) is 18.8 Å². The normalized spacial score (nSPS) is 17.4. The number of benzene rings is 2. The van der Waals surface area contributed by atoms with Gasteiger partial charge in [-0.3, -0.25) is 9.69 Å². The number of imidazole rings is 1. The maximum absolute atomic E-state index is 12.8. The highest BCUT2D eigenvalue weighted by atomic mass is 32.2. The Hall–Kier alpha value is -2.97. The monoisotopic (exact) mass is 520 g/mol. The van der Waals surface area contributed by atoms with E-state index in [1.54, 1.807) is 12.1 Å². The number of aromatic nitrogens is 2. The highest BCUT2D eigenvalue weighted by Crippen LogP contribution is 2.27. The molecule has 0 atom stereocenters. The molecule has 7 nitrogen and oxygen atoms in total. The number of sulfone groups is 1. The molecule has 196 valence electrons. The molecule has 0 spiro atoms. The Morgan fingerprint density at radius 1 is 1.03 bits per heavy atom. The van der Waals surface area contributed by atoms with E-state index in [2.05, 4.69) is 33.0 Å². The fourth-order valence-corrected chi connectivity index (χ4v) is 7.12. The minimum absolute atomic E-state index is 0.0853. The fraction of sp³-hybridized carbons (Fsp3) is 0.448. The number of aromatic amines is 1. The number of piperidine rings is 1. The SMILES string of the molecule is Cc1[nH]c(-c2ccc(S(=O)(=O)CC(C)C)cc2)nc1CN1CCC(N2Cc3ccccc3CC2=O)CC1. The molecular weight excluding hydrogens is 484 g/mol. The van der Waals surface area contributed by atoms with Crippen LogP contribution in [0.25, 0.3) is 11.4 Å². The lowest BCUT2D eigenvalue weighted by atomic mass is 9.95. The average Bonchev–Trinajstić information content (AvgIpc) is 3.23. The van der Waals surface area contributed by atoms with Crippen LogP contribution in [0.1, 0.15) is 49.2 Å². The van der Waals surface area contributed by atoms with Crippen molar-refractivity contribution in [3.8, 4) is 11.4 Å². The number of aryl methyl sites for hydroxylation is 1. The first kappa shape index (κ1) is 25.7. The van der Waals surface area contributed by atoms with Crippen LogP contribution in [0.3, 0.4) is 0 Å². The minimum atomic E-state index is -3.27. The van der Waals surface area contributed by atoms with Crippen molar-refractivity contribution in [1.82, 2.24) is 19.8 Å². The first-order chi connectivity index (χ1) is 17.7. The Balaban J connectivity index is 1.20. The summed E-state index contributed by atoms with van der Waals surface area (Å²) in [6.45, 7) is 9.19. The molecule has 37 heavy (non-hydrogen) atoms. The largest absolute Gasteiger partial charge is 0.342 e. The lowest BCUT2D eigenvalue weighted by Crippen LogP contribution is -2.48. The summed E-state index contributed by atoms with van der Waals surface area (Å²) in [4.78, 5) is 25.9. The van der Waals surface area contributed by atoms with Gasteiger partial charge in [-0.1, -0.05) is 38.1 Å². The minimum Gasteiger partial charge on any atom is -0.342 e. The quantitative estimate of drug-likeness (QED) is 0.500. The van der Waals surface area contributed by atoms with Gasteiger partial charge in [-0.15, -0.1) is 0 Å². The third-order valence-corrected chi connectivity index (χ3v) is 9.61. The van der Waals surface area contributed by atoms with E-state index in [0.717, 1.165) is 67.4 Å². The van der Waals surface area contributed by atoms with Crippen molar-refractivity contribution in [3.05, 3.63) is 71.0 Å². The highest BCUT2D eigenvalue weighted by Gasteiger charge is 2.31. The maximum atomic E-state index is 12.8. The van der Waals surface area contributed by atoms with E-state index in [4.69, 9.17) is 4.98 Å². The van der Waals surface area contributed by atoms with Crippen molar-refractivity contribution in [2.24, 2.45) is 5.92 Å². The van der Waals surface area contributed by atoms with E-state index in [1.165, 1.54) is 5.56 Å². The summed E-state index contributed by atoms with van der Waals surface area (Å²) in [5.41, 5.74) is 5.34. The van der Waals surface area contributed by atoms with Crippen molar-refractivity contribution in [2.45, 2.75) is 64.1 Å². The van der Waals surface area contributed by atoms with E-state index in [9.17, 15) is 13.2 Å². The van der Waals surface area contributed by atoms with E-state index in [-0.39, 0.29) is 17.6 Å². The van der Waals surface area contributed by atoms with Crippen LogP contribution in [-0.4, -0.2) is 59.0 Å². The molecule has 1 aromatic heterocycles. The van der Waals surface area contributed by atoms with Crippen LogP contribution in [0.4, 0.5) is 0 Å². The topological polar surface area (TPSA) is 86.4 Å². The molecule has 0 unspecified atom stereocenters. The molecule has 2 aromatic carbocycles. The van der Waals surface area contributed by atoms with Crippen molar-refractivity contribution < 1.29 is 13.2 Å². The molecule has 3 aromatic rings. The molecule has 0 bridgehead atoms. The van der Waals surface area contributed by atoms with Gasteiger partial charge in [-0.25, -0.2) is 13.4 Å². The third kappa shape index (κ3) is 5.65. The number of nitrogens with zero attached hydrogens (tertiary/aromatic N) is 3. The Labute approximate surface area is 219 Å². The van der Waals surface area contributed by atoms with E-state index in [1.807, 2.05) is 39.0 Å². The van der Waals surface area contributed by atoms with E-state index >= 15 is 0 Å². The molecule has 1 saturated heterocycles. The second-order valence-electron chi connectivity index (χ2n) is 10.8. The van der Waals surface area contributed by atoms with Gasteiger partial charge >= 0.3 is 0 Å². The van der Waals surface area contributed by atoms with Crippen LogP contribution in [0.5, 0.6) is 0 Å². The van der Waals surface area contributed by atoms with Gasteiger partial charge in [-0.05, 0) is 61.1 Å². The van der Waals surface area contributed by atoms with Crippen LogP contribution in [0, 0.1) is 12.8 Å². The number of rotatable bonds is 7. The van der Waals surface area contributed by atoms with Gasteiger partial charge in [0.05, 0.1) is 22.8 Å². The predicted molar refractivity (Wildman–Crippen MR) is 145 cm³/mol. The van der Waals surface area contributed by atoms with Crippen LogP contribution in [0.2, 0.25) is 0 Å². The zero-order valence-corrected chi connectivity index (χ0v) is 22.7. The Morgan fingerprint density at radius 2 is 1.70 bits per heavy atom. The van der Waals surface area contributed by atoms with Gasteiger partial charge < -0.3 is 9.88 Å². The number of H-pyrrole nitrogens is 1. The van der Waals surface area contributed by atoms with Gasteiger partial charge in [-0.2, -0.15) is 0 Å². The number of amides is 1. The van der Waals surface area contributed by atoms with Crippen LogP contribution >= 0.6 is 0 Å². The molecule has 2 aliphatic rings. The second-order valence-corrected chi connectivity index (χ2v) is 12.9. The first-order valence-corrected chi connectivity index (χ1v) is 14.8. The zero-order valence-electron chi connectivity index (χ0n) is 21.9. The molecule has 5 rings (SSSR count). The Bertz CT molecular complexity index is 1370. The molecule has 0 radical (unpaired) electrons. The molecule has 3 heterocycles. The third-order valence-electron chi connectivity index (χ3n) is 7.52. The molecule has 0 aliphatic carbocycles. The van der Waals surface area contributed by atoms with Gasteiger partial charge in [0.15, 0.2) is 9.84 Å². The summed E-state index contributed by atoms with van der Waals surface area (Å²) >= 11 is 0. The number of carbonyl (C=O) groups is 1. The highest BCUT2D eigenvalue weighted by molar-refractivity contribution is 7.91. The molecule has 1 N–H and O–H groups in total. The average molecular weight is 521 g/mol. The van der Waals surface area contributed by atoms with Crippen molar-refractivity contribution in [1.29, 1.82) is 0 Å². The van der Waals surface area contributed by atoms with Gasteiger partial charge in [0, 0.05) is 43.5 Å². The fourth-order valence-electron chi connectivity index (χ4n) is 5.50. The maximum Gasteiger partial charge on any atom is 0.227 e. The van der Waals surface area contributed by atoms with Gasteiger partial charge in [0.25, 0.3) is 0 Å². The number of hydrogen-bond donors (Lipinski definition) is 1. The molecule has 0 saturated carbocycles. The van der Waals surface area contributed by atoms with Gasteiger partial charge in [0.1, 0.15) is 5.82 Å². The molecule has 2 aliphatic heterocycles. The molecule has 1 amide bonds. The summed E-state index contributed by atoms with van der Waals surface area (Å²) in [5.74, 6) is 1.23. The van der Waals surface area contributed by atoms with Crippen LogP contribution < -0.4 is 0 Å². The molecular formula is C29H36N4O3S. The number of carbonyl (C=O) groups excluding carboxylic acids is 1. The molecule has 1 fully saturated rings. The lowest BCUT2D eigenvalue weighted by molar-refractivity contribution is -0.135. The predicted octanol–water partition coefficient (Wildman–Crippen LogP) is 4.36. The summed E-state index contributed by atoms with van der Waals surface area (Å²) in [5, 5.41) is 0. The standard InChI is InChI=1S/C29H36N4O3S/c1-20(2)19-37(35,36)26-10-8-22(9-11-26)29-30-21(3)27(31-29)18-32-14-12-25(13-15-32)33-17-24-7-5-4-6-23(24)16-28(33)34/h4-11,20,25H,12-19H2,1-3H3,(H,30,31). The Kier molecular flexibility index (Phi) is 7.23. The zero-order chi connectivity index (χ0) is 26.2. The van der Waals surface area contributed by atoms with E-state index in [0.29, 0.717) is 17.4 Å². The Morgan fingerprint density at radius 3 is 2.38 bits per heavy atom. The van der Waals surface area contributed by atoms with Gasteiger partial charge in [0.2, 0.25) is 5.91 Å². The number of fused-ring (bicyclic) bond motifs is 1. The first-order valence-electron chi connectivity index (χ1n) is 13.2. The summed E-state index contributed by atoms with van der Waals surface area (Å²) in [6.07, 6.45) is 2.45. The number of hydrogen-bond acceptors (Lipinski definition) is 5. The van der Waals surface area contributed by atoms with Crippen molar-refractivity contribution >= 4 is 15.7 Å². The summed E-state index contributed by atoms with van der Waals surface area (Å²) in [6, 6.07) is 15.6. The summed E-state index contributed by atoms with van der Waals surface area (Å²) in [7, 11) is -3.27. The number of likely N-dealkylation sites (tertiary alicyclic amines) is 1. The van der Waals surface area contributed by atoms with Crippen LogP contribution in [0.15, 0.2) is 53.4 Å². The van der Waals surface area contributed by atoms with E-state index < -0.39 is 9.84 Å². The van der Waals surface area contributed by atoms with Crippen molar-refractivity contribution in [3.63, 3.8) is 0 Å². The smallest absolute Gasteiger partial charge is 0.227 e. The molecule has 8 heteroatoms. The number of nitrogens with one attached hydrogen (secondary N) is 1. The second kappa shape index (κ2) is 10.4. The van der Waals surface area contributed by atoms with Crippen LogP contribution in [-0.2, 0) is 34.1 Å².